The van der Waals surface area contributed by atoms with Gasteiger partial charge in [0.15, 0.2) is 5.82 Å². The monoisotopic (exact) mass is 313 g/mol. The molecule has 96 valence electrons. The maximum Gasteiger partial charge on any atom is 0.311 e. The second-order valence-corrected chi connectivity index (χ2v) is 4.91. The van der Waals surface area contributed by atoms with Gasteiger partial charge in [-0.05, 0) is 22.0 Å². The summed E-state index contributed by atoms with van der Waals surface area (Å²) in [6.07, 6.45) is 1.69. The lowest BCUT2D eigenvalue weighted by atomic mass is 10.1. The van der Waals surface area contributed by atoms with E-state index in [9.17, 15) is 9.59 Å². The number of nitrogens with zero attached hydrogens (tertiary/aromatic N) is 2. The van der Waals surface area contributed by atoms with Crippen LogP contribution in [0.3, 0.4) is 0 Å². The van der Waals surface area contributed by atoms with Crippen LogP contribution in [0.15, 0.2) is 16.7 Å². The molecule has 2 rings (SSSR count). The van der Waals surface area contributed by atoms with Gasteiger partial charge in [-0.3, -0.25) is 14.5 Å². The Hall–Kier alpha value is -1.63. The molecule has 1 atom stereocenters. The molecule has 1 aliphatic rings. The van der Waals surface area contributed by atoms with Crippen molar-refractivity contribution in [3.8, 4) is 0 Å². The third-order valence-corrected chi connectivity index (χ3v) is 3.21. The van der Waals surface area contributed by atoms with Crippen LogP contribution in [0.25, 0.3) is 0 Å². The van der Waals surface area contributed by atoms with E-state index in [1.165, 1.54) is 12.0 Å². The Balaban J connectivity index is 2.24. The highest BCUT2D eigenvalue weighted by Gasteiger charge is 2.37. The molecule has 0 aliphatic carbocycles. The number of nitrogens with two attached hydrogens (primary N) is 1. The average Bonchev–Trinajstić information content (AvgIpc) is 2.70. The molecule has 1 aliphatic heterocycles. The highest BCUT2D eigenvalue weighted by molar-refractivity contribution is 9.10. The van der Waals surface area contributed by atoms with Gasteiger partial charge in [0, 0.05) is 23.6 Å². The van der Waals surface area contributed by atoms with E-state index in [0.717, 1.165) is 4.47 Å². The molecule has 0 bridgehead atoms. The van der Waals surface area contributed by atoms with E-state index in [1.54, 1.807) is 12.3 Å². The van der Waals surface area contributed by atoms with Gasteiger partial charge in [0.25, 0.3) is 0 Å². The summed E-state index contributed by atoms with van der Waals surface area (Å²) in [6, 6.07) is 1.67. The molecule has 0 aromatic carbocycles. The number of nitrogen functional groups attached to an aromatic ring is 1. The summed E-state index contributed by atoms with van der Waals surface area (Å²) >= 11 is 3.25. The molecule has 1 amide bonds. The predicted octanol–water partition coefficient (Wildman–Crippen LogP) is 0.952. The largest absolute Gasteiger partial charge is 0.469 e. The highest BCUT2D eigenvalue weighted by atomic mass is 79.9. The van der Waals surface area contributed by atoms with Gasteiger partial charge in [0.05, 0.1) is 18.7 Å². The van der Waals surface area contributed by atoms with Crippen molar-refractivity contribution in [1.82, 2.24) is 4.98 Å². The first-order chi connectivity index (χ1) is 8.52. The van der Waals surface area contributed by atoms with Crippen molar-refractivity contribution in [1.29, 1.82) is 0 Å². The van der Waals surface area contributed by atoms with Crippen molar-refractivity contribution < 1.29 is 14.3 Å². The van der Waals surface area contributed by atoms with Gasteiger partial charge in [-0.1, -0.05) is 0 Å². The van der Waals surface area contributed by atoms with Crippen molar-refractivity contribution in [3.05, 3.63) is 16.7 Å². The molecule has 1 fully saturated rings. The Labute approximate surface area is 112 Å². The normalized spacial score (nSPS) is 19.1. The first kappa shape index (κ1) is 12.8. The number of amides is 1. The van der Waals surface area contributed by atoms with Crippen LogP contribution in [0.2, 0.25) is 0 Å². The maximum atomic E-state index is 11.9. The summed E-state index contributed by atoms with van der Waals surface area (Å²) < 4.78 is 5.38. The van der Waals surface area contributed by atoms with Gasteiger partial charge >= 0.3 is 5.97 Å². The van der Waals surface area contributed by atoms with Crippen LogP contribution in [-0.4, -0.2) is 30.5 Å². The quantitative estimate of drug-likeness (QED) is 0.822. The van der Waals surface area contributed by atoms with Crippen LogP contribution in [0, 0.1) is 5.92 Å². The summed E-state index contributed by atoms with van der Waals surface area (Å²) in [5.41, 5.74) is 6.21. The summed E-state index contributed by atoms with van der Waals surface area (Å²) in [5.74, 6) is -0.629. The molecular weight excluding hydrogens is 302 g/mol. The fraction of sp³-hybridized carbons (Fsp3) is 0.364. The summed E-state index contributed by atoms with van der Waals surface area (Å²) in [4.78, 5) is 28.8. The van der Waals surface area contributed by atoms with Crippen molar-refractivity contribution in [3.63, 3.8) is 0 Å². The molecule has 6 nitrogen and oxygen atoms in total. The van der Waals surface area contributed by atoms with Crippen molar-refractivity contribution in [2.45, 2.75) is 6.42 Å². The zero-order valence-electron chi connectivity index (χ0n) is 9.72. The SMILES string of the molecule is COC(=O)C1CC(=O)N(c2ncc(Br)cc2N)C1. The molecule has 18 heavy (non-hydrogen) atoms. The van der Waals surface area contributed by atoms with E-state index < -0.39 is 5.92 Å². The van der Waals surface area contributed by atoms with E-state index in [4.69, 9.17) is 5.73 Å². The molecule has 2 heterocycles. The van der Waals surface area contributed by atoms with Crippen molar-refractivity contribution >= 4 is 39.3 Å². The Morgan fingerprint density at radius 2 is 2.39 bits per heavy atom. The molecule has 2 N–H and O–H groups in total. The van der Waals surface area contributed by atoms with Crippen LogP contribution in [0.4, 0.5) is 11.5 Å². The molecule has 0 radical (unpaired) electrons. The van der Waals surface area contributed by atoms with E-state index in [-0.39, 0.29) is 24.8 Å². The molecule has 7 heteroatoms. The minimum atomic E-state index is -0.452. The van der Waals surface area contributed by atoms with Crippen molar-refractivity contribution in [2.75, 3.05) is 24.3 Å². The number of carbonyl (C=O) groups excluding carboxylic acids is 2. The Bertz CT molecular complexity index is 506. The van der Waals surface area contributed by atoms with Crippen LogP contribution >= 0.6 is 15.9 Å². The van der Waals surface area contributed by atoms with Crippen LogP contribution < -0.4 is 10.6 Å². The smallest absolute Gasteiger partial charge is 0.311 e. The minimum absolute atomic E-state index is 0.129. The maximum absolute atomic E-state index is 11.9. The summed E-state index contributed by atoms with van der Waals surface area (Å²) in [6.45, 7) is 0.254. The first-order valence-electron chi connectivity index (χ1n) is 5.32. The van der Waals surface area contributed by atoms with Gasteiger partial charge in [0.2, 0.25) is 5.91 Å². The molecule has 0 saturated carbocycles. The lowest BCUT2D eigenvalue weighted by Crippen LogP contribution is -2.27. The fourth-order valence-corrected chi connectivity index (χ4v) is 2.26. The molecule has 1 aromatic rings. The molecule has 1 aromatic heterocycles. The van der Waals surface area contributed by atoms with E-state index >= 15 is 0 Å². The highest BCUT2D eigenvalue weighted by Crippen LogP contribution is 2.29. The third kappa shape index (κ3) is 2.31. The number of ether oxygens (including phenoxy) is 1. The van der Waals surface area contributed by atoms with Gasteiger partial charge in [-0.25, -0.2) is 4.98 Å². The van der Waals surface area contributed by atoms with Gasteiger partial charge in [0.1, 0.15) is 0 Å². The Morgan fingerprint density at radius 1 is 1.67 bits per heavy atom. The number of hydrogen-bond donors (Lipinski definition) is 1. The third-order valence-electron chi connectivity index (χ3n) is 2.78. The minimum Gasteiger partial charge on any atom is -0.469 e. The topological polar surface area (TPSA) is 85.5 Å². The van der Waals surface area contributed by atoms with E-state index in [0.29, 0.717) is 11.5 Å². The summed E-state index contributed by atoms with van der Waals surface area (Å²) in [5, 5.41) is 0. The van der Waals surface area contributed by atoms with Gasteiger partial charge < -0.3 is 10.5 Å². The average molecular weight is 314 g/mol. The number of pyridine rings is 1. The fourth-order valence-electron chi connectivity index (χ4n) is 1.91. The van der Waals surface area contributed by atoms with Crippen molar-refractivity contribution in [2.24, 2.45) is 5.92 Å². The van der Waals surface area contributed by atoms with E-state index in [1.807, 2.05) is 0 Å². The lowest BCUT2D eigenvalue weighted by Gasteiger charge is -2.17. The Morgan fingerprint density at radius 3 is 3.00 bits per heavy atom. The number of halogens is 1. The zero-order chi connectivity index (χ0) is 13.3. The number of rotatable bonds is 2. The predicted molar refractivity (Wildman–Crippen MR) is 68.8 cm³/mol. The molecule has 1 unspecified atom stereocenters. The second-order valence-electron chi connectivity index (χ2n) is 3.99. The van der Waals surface area contributed by atoms with Gasteiger partial charge in [-0.15, -0.1) is 0 Å². The van der Waals surface area contributed by atoms with Gasteiger partial charge in [-0.2, -0.15) is 0 Å². The number of aromatic nitrogens is 1. The second kappa shape index (κ2) is 4.93. The lowest BCUT2D eigenvalue weighted by molar-refractivity contribution is -0.145. The number of methoxy groups -OCH3 is 1. The number of carbonyl (C=O) groups is 2. The van der Waals surface area contributed by atoms with Crippen LogP contribution in [-0.2, 0) is 14.3 Å². The standard InChI is InChI=1S/C11H12BrN3O3/c1-18-11(17)6-2-9(16)15(5-6)10-8(13)3-7(12)4-14-10/h3-4,6H,2,5,13H2,1H3. The zero-order valence-corrected chi connectivity index (χ0v) is 11.3. The van der Waals surface area contributed by atoms with Crippen LogP contribution in [0.1, 0.15) is 6.42 Å². The number of anilines is 2. The van der Waals surface area contributed by atoms with E-state index in [2.05, 4.69) is 25.7 Å². The first-order valence-corrected chi connectivity index (χ1v) is 6.11. The molecular formula is C11H12BrN3O3. The van der Waals surface area contributed by atoms with Crippen LogP contribution in [0.5, 0.6) is 0 Å². The molecule has 0 spiro atoms. The number of hydrogen-bond acceptors (Lipinski definition) is 5. The number of esters is 1. The molecule has 1 saturated heterocycles. The Kier molecular flexibility index (Phi) is 3.51. The summed E-state index contributed by atoms with van der Waals surface area (Å²) in [7, 11) is 1.31.